The van der Waals surface area contributed by atoms with Crippen molar-refractivity contribution in [3.63, 3.8) is 0 Å². The Labute approximate surface area is 103 Å². The van der Waals surface area contributed by atoms with Gasteiger partial charge in [0.2, 0.25) is 0 Å². The highest BCUT2D eigenvalue weighted by atomic mass is 15.1. The van der Waals surface area contributed by atoms with Crippen LogP contribution in [0.15, 0.2) is 36.7 Å². The molecule has 6 nitrogen and oxygen atoms in total. The Morgan fingerprint density at radius 2 is 2.28 bits per heavy atom. The average Bonchev–Trinajstić information content (AvgIpc) is 2.84. The molecule has 2 aromatic heterocycles. The van der Waals surface area contributed by atoms with Crippen LogP contribution in [0.25, 0.3) is 10.9 Å². The summed E-state index contributed by atoms with van der Waals surface area (Å²) in [4.78, 5) is 0. The summed E-state index contributed by atoms with van der Waals surface area (Å²) < 4.78 is 0. The SMILES string of the molecule is Nc1cc2cn[nH]c2cc1NCc1cccnn1. The van der Waals surface area contributed by atoms with Crippen molar-refractivity contribution in [2.24, 2.45) is 0 Å². The fourth-order valence-corrected chi connectivity index (χ4v) is 1.78. The van der Waals surface area contributed by atoms with Gasteiger partial charge in [-0.25, -0.2) is 0 Å². The summed E-state index contributed by atoms with van der Waals surface area (Å²) in [5.41, 5.74) is 9.33. The van der Waals surface area contributed by atoms with Crippen LogP contribution < -0.4 is 11.1 Å². The van der Waals surface area contributed by atoms with E-state index >= 15 is 0 Å². The van der Waals surface area contributed by atoms with Gasteiger partial charge in [-0.15, -0.1) is 0 Å². The van der Waals surface area contributed by atoms with E-state index in [9.17, 15) is 0 Å². The van der Waals surface area contributed by atoms with E-state index in [-0.39, 0.29) is 0 Å². The van der Waals surface area contributed by atoms with Gasteiger partial charge in [-0.05, 0) is 24.3 Å². The van der Waals surface area contributed by atoms with Gasteiger partial charge >= 0.3 is 0 Å². The Hall–Kier alpha value is -2.63. The number of anilines is 2. The molecule has 18 heavy (non-hydrogen) atoms. The van der Waals surface area contributed by atoms with Crippen molar-refractivity contribution in [2.45, 2.75) is 6.54 Å². The van der Waals surface area contributed by atoms with E-state index in [0.717, 1.165) is 22.3 Å². The van der Waals surface area contributed by atoms with E-state index in [1.54, 1.807) is 12.4 Å². The maximum atomic E-state index is 5.97. The van der Waals surface area contributed by atoms with Gasteiger partial charge in [-0.3, -0.25) is 5.10 Å². The number of H-pyrrole nitrogens is 1. The van der Waals surface area contributed by atoms with E-state index < -0.39 is 0 Å². The molecule has 0 aliphatic heterocycles. The Morgan fingerprint density at radius 1 is 1.33 bits per heavy atom. The molecule has 6 heteroatoms. The summed E-state index contributed by atoms with van der Waals surface area (Å²) in [6.45, 7) is 0.581. The third-order valence-electron chi connectivity index (χ3n) is 2.70. The highest BCUT2D eigenvalue weighted by Crippen LogP contribution is 2.24. The monoisotopic (exact) mass is 240 g/mol. The van der Waals surface area contributed by atoms with Gasteiger partial charge in [-0.2, -0.15) is 15.3 Å². The van der Waals surface area contributed by atoms with Crippen LogP contribution in [0.3, 0.4) is 0 Å². The predicted octanol–water partition coefficient (Wildman–Crippen LogP) is 1.55. The van der Waals surface area contributed by atoms with E-state index in [1.165, 1.54) is 0 Å². The molecular formula is C12H12N6. The van der Waals surface area contributed by atoms with Crippen molar-refractivity contribution in [1.82, 2.24) is 20.4 Å². The van der Waals surface area contributed by atoms with Crippen LogP contribution in [-0.2, 0) is 6.54 Å². The highest BCUT2D eigenvalue weighted by molar-refractivity contribution is 5.88. The van der Waals surface area contributed by atoms with Crippen molar-refractivity contribution in [1.29, 1.82) is 0 Å². The number of nitrogens with zero attached hydrogens (tertiary/aromatic N) is 3. The Bertz CT molecular complexity index is 661. The first kappa shape index (κ1) is 10.5. The molecule has 0 fully saturated rings. The summed E-state index contributed by atoms with van der Waals surface area (Å²) in [5, 5.41) is 18.9. The quantitative estimate of drug-likeness (QED) is 0.604. The van der Waals surface area contributed by atoms with Crippen LogP contribution in [0.4, 0.5) is 11.4 Å². The number of rotatable bonds is 3. The van der Waals surface area contributed by atoms with Crippen LogP contribution in [0.1, 0.15) is 5.69 Å². The fraction of sp³-hybridized carbons (Fsp3) is 0.0833. The first-order valence-electron chi connectivity index (χ1n) is 5.56. The van der Waals surface area contributed by atoms with E-state index in [2.05, 4.69) is 25.7 Å². The van der Waals surface area contributed by atoms with E-state index in [0.29, 0.717) is 12.2 Å². The molecule has 1 aromatic carbocycles. The fourth-order valence-electron chi connectivity index (χ4n) is 1.78. The minimum absolute atomic E-state index is 0.581. The lowest BCUT2D eigenvalue weighted by molar-refractivity contribution is 0.925. The van der Waals surface area contributed by atoms with E-state index in [1.807, 2.05) is 24.3 Å². The van der Waals surface area contributed by atoms with Crippen molar-refractivity contribution in [2.75, 3.05) is 11.1 Å². The Kier molecular flexibility index (Phi) is 2.53. The van der Waals surface area contributed by atoms with Gasteiger partial charge in [0.25, 0.3) is 0 Å². The summed E-state index contributed by atoms with van der Waals surface area (Å²) in [5.74, 6) is 0. The molecule has 0 aliphatic carbocycles. The first-order chi connectivity index (χ1) is 8.83. The molecule has 0 aliphatic rings. The van der Waals surface area contributed by atoms with Gasteiger partial charge < -0.3 is 11.1 Å². The molecular weight excluding hydrogens is 228 g/mol. The third-order valence-corrected chi connectivity index (χ3v) is 2.70. The second kappa shape index (κ2) is 4.33. The molecule has 0 bridgehead atoms. The smallest absolute Gasteiger partial charge is 0.0821 e. The number of hydrogen-bond acceptors (Lipinski definition) is 5. The number of nitrogens with one attached hydrogen (secondary N) is 2. The summed E-state index contributed by atoms with van der Waals surface area (Å²) in [6.07, 6.45) is 3.40. The maximum Gasteiger partial charge on any atom is 0.0821 e. The standard InChI is InChI=1S/C12H12N6/c13-10-4-8-6-16-18-11(8)5-12(10)14-7-9-2-1-3-15-17-9/h1-6,14H,7,13H2,(H,16,18). The normalized spacial score (nSPS) is 10.7. The molecule has 0 spiro atoms. The second-order valence-corrected chi connectivity index (χ2v) is 3.97. The molecule has 0 saturated carbocycles. The van der Waals surface area contributed by atoms with E-state index in [4.69, 9.17) is 5.73 Å². The Balaban J connectivity index is 1.84. The molecule has 4 N–H and O–H groups in total. The van der Waals surface area contributed by atoms with Crippen LogP contribution in [0.2, 0.25) is 0 Å². The van der Waals surface area contributed by atoms with Crippen LogP contribution >= 0.6 is 0 Å². The highest BCUT2D eigenvalue weighted by Gasteiger charge is 2.03. The number of hydrogen-bond donors (Lipinski definition) is 3. The predicted molar refractivity (Wildman–Crippen MR) is 69.9 cm³/mol. The number of benzene rings is 1. The zero-order valence-corrected chi connectivity index (χ0v) is 9.59. The summed E-state index contributed by atoms with van der Waals surface area (Å²) >= 11 is 0. The molecule has 0 unspecified atom stereocenters. The maximum absolute atomic E-state index is 5.97. The largest absolute Gasteiger partial charge is 0.397 e. The zero-order chi connectivity index (χ0) is 12.4. The molecule has 3 rings (SSSR count). The molecule has 3 aromatic rings. The number of nitrogen functional groups attached to an aromatic ring is 1. The lowest BCUT2D eigenvalue weighted by Gasteiger charge is -2.08. The Morgan fingerprint density at radius 3 is 3.11 bits per heavy atom. The molecule has 0 amide bonds. The van der Waals surface area contributed by atoms with Crippen molar-refractivity contribution < 1.29 is 0 Å². The van der Waals surface area contributed by atoms with Gasteiger partial charge in [0.15, 0.2) is 0 Å². The molecule has 2 heterocycles. The third kappa shape index (κ3) is 1.95. The van der Waals surface area contributed by atoms with Crippen molar-refractivity contribution >= 4 is 22.3 Å². The number of aromatic amines is 1. The topological polar surface area (TPSA) is 92.5 Å². The van der Waals surface area contributed by atoms with Crippen molar-refractivity contribution in [3.05, 3.63) is 42.4 Å². The van der Waals surface area contributed by atoms with Gasteiger partial charge in [-0.1, -0.05) is 0 Å². The minimum atomic E-state index is 0.581. The number of aromatic nitrogens is 4. The van der Waals surface area contributed by atoms with Crippen LogP contribution in [0.5, 0.6) is 0 Å². The second-order valence-electron chi connectivity index (χ2n) is 3.97. The molecule has 0 radical (unpaired) electrons. The first-order valence-corrected chi connectivity index (χ1v) is 5.56. The van der Waals surface area contributed by atoms with Crippen LogP contribution in [0, 0.1) is 0 Å². The number of nitrogens with two attached hydrogens (primary N) is 1. The van der Waals surface area contributed by atoms with Crippen molar-refractivity contribution in [3.8, 4) is 0 Å². The van der Waals surface area contributed by atoms with Gasteiger partial charge in [0, 0.05) is 11.6 Å². The lowest BCUT2D eigenvalue weighted by Crippen LogP contribution is -2.04. The molecule has 90 valence electrons. The summed E-state index contributed by atoms with van der Waals surface area (Å²) in [7, 11) is 0. The minimum Gasteiger partial charge on any atom is -0.397 e. The zero-order valence-electron chi connectivity index (χ0n) is 9.59. The average molecular weight is 240 g/mol. The van der Waals surface area contributed by atoms with Crippen LogP contribution in [-0.4, -0.2) is 20.4 Å². The van der Waals surface area contributed by atoms with Gasteiger partial charge in [0.05, 0.1) is 35.3 Å². The summed E-state index contributed by atoms with van der Waals surface area (Å²) in [6, 6.07) is 7.59. The van der Waals surface area contributed by atoms with Gasteiger partial charge in [0.1, 0.15) is 0 Å². The molecule has 0 atom stereocenters. The number of fused-ring (bicyclic) bond motifs is 1. The lowest BCUT2D eigenvalue weighted by atomic mass is 10.2. The molecule has 0 saturated heterocycles.